The minimum Gasteiger partial charge on any atom is -0.263 e. The first kappa shape index (κ1) is 29.3. The molecule has 0 spiro atoms. The van der Waals surface area contributed by atoms with Crippen molar-refractivity contribution in [1.29, 1.82) is 0 Å². The normalized spacial score (nSPS) is 11.3. The van der Waals surface area contributed by atoms with Crippen LogP contribution in [0.2, 0.25) is 0 Å². The summed E-state index contributed by atoms with van der Waals surface area (Å²) in [6.45, 7) is 12.3. The highest BCUT2D eigenvalue weighted by molar-refractivity contribution is 7.15. The maximum absolute atomic E-state index is 5.16. The average molecular weight is 643 g/mol. The number of rotatable bonds is 6. The predicted molar refractivity (Wildman–Crippen MR) is 188 cm³/mol. The van der Waals surface area contributed by atoms with Gasteiger partial charge in [0.25, 0.3) is 0 Å². The molecule has 2 aromatic carbocycles. The fourth-order valence-corrected chi connectivity index (χ4v) is 8.33. The van der Waals surface area contributed by atoms with Crippen molar-refractivity contribution in [3.63, 3.8) is 0 Å². The number of aryl methyl sites for hydroxylation is 6. The van der Waals surface area contributed by atoms with Gasteiger partial charge in [-0.1, -0.05) is 36.4 Å². The van der Waals surface area contributed by atoms with Crippen LogP contribution < -0.4 is 0 Å². The van der Waals surface area contributed by atoms with Gasteiger partial charge in [-0.15, -0.1) is 34.0 Å². The second-order valence-electron chi connectivity index (χ2n) is 11.0. The minimum absolute atomic E-state index is 0.661. The third-order valence-electron chi connectivity index (χ3n) is 7.54. The molecule has 222 valence electrons. The van der Waals surface area contributed by atoms with Gasteiger partial charge in [0.1, 0.15) is 0 Å². The Bertz CT molecular complexity index is 1950. The Morgan fingerprint density at radius 2 is 0.844 bits per heavy atom. The molecule has 0 radical (unpaired) electrons. The van der Waals surface area contributed by atoms with Crippen molar-refractivity contribution in [3.8, 4) is 65.2 Å². The van der Waals surface area contributed by atoms with E-state index >= 15 is 0 Å². The Hall–Kier alpha value is -4.44. The van der Waals surface area contributed by atoms with Crippen LogP contribution in [0.3, 0.4) is 0 Å². The Balaban J connectivity index is 1.39. The lowest BCUT2D eigenvalue weighted by molar-refractivity contribution is 1.17. The van der Waals surface area contributed by atoms with Crippen LogP contribution >= 0.6 is 34.0 Å². The molecule has 9 heteroatoms. The van der Waals surface area contributed by atoms with Crippen LogP contribution in [0.25, 0.3) is 65.2 Å². The molecule has 7 rings (SSSR count). The highest BCUT2D eigenvalue weighted by Gasteiger charge is 2.16. The fraction of sp³-hybridized carbons (Fsp3) is 0.167. The minimum atomic E-state index is 0.661. The molecular weight excluding hydrogens is 613 g/mol. The van der Waals surface area contributed by atoms with Gasteiger partial charge in [0.2, 0.25) is 0 Å². The van der Waals surface area contributed by atoms with Crippen molar-refractivity contribution in [3.05, 3.63) is 105 Å². The monoisotopic (exact) mass is 642 g/mol. The van der Waals surface area contributed by atoms with E-state index in [1.54, 1.807) is 34.0 Å². The molecule has 0 amide bonds. The van der Waals surface area contributed by atoms with Crippen molar-refractivity contribution in [2.45, 2.75) is 41.5 Å². The zero-order chi connectivity index (χ0) is 31.2. The smallest absolute Gasteiger partial charge is 0.160 e. The van der Waals surface area contributed by atoms with E-state index in [0.717, 1.165) is 81.8 Å². The van der Waals surface area contributed by atoms with Crippen molar-refractivity contribution >= 4 is 34.0 Å². The molecule has 0 aliphatic carbocycles. The van der Waals surface area contributed by atoms with E-state index in [4.69, 9.17) is 9.97 Å². The lowest BCUT2D eigenvalue weighted by Gasteiger charge is -2.11. The number of aromatic nitrogens is 6. The van der Waals surface area contributed by atoms with Crippen molar-refractivity contribution < 1.29 is 0 Å². The van der Waals surface area contributed by atoms with Crippen LogP contribution in [0, 0.1) is 41.5 Å². The summed E-state index contributed by atoms with van der Waals surface area (Å²) >= 11 is 5.11. The van der Waals surface area contributed by atoms with Crippen LogP contribution in [-0.2, 0) is 0 Å². The molecule has 6 nitrogen and oxygen atoms in total. The largest absolute Gasteiger partial charge is 0.263 e. The molecule has 0 saturated heterocycles. The molecular formula is C36H30N6S3. The van der Waals surface area contributed by atoms with E-state index in [9.17, 15) is 0 Å². The topological polar surface area (TPSA) is 77.3 Å². The molecule has 45 heavy (non-hydrogen) atoms. The molecule has 0 unspecified atom stereocenters. The predicted octanol–water partition coefficient (Wildman–Crippen LogP) is 10.1. The van der Waals surface area contributed by atoms with Crippen LogP contribution in [0.1, 0.15) is 32.1 Å². The maximum atomic E-state index is 5.16. The second kappa shape index (κ2) is 11.8. The fourth-order valence-electron chi connectivity index (χ4n) is 5.59. The summed E-state index contributed by atoms with van der Waals surface area (Å²) in [6, 6.07) is 21.2. The molecule has 5 aromatic heterocycles. The first-order valence-electron chi connectivity index (χ1n) is 14.6. The lowest BCUT2D eigenvalue weighted by atomic mass is 10.0. The zero-order valence-corrected chi connectivity index (χ0v) is 28.3. The zero-order valence-electron chi connectivity index (χ0n) is 25.8. The van der Waals surface area contributed by atoms with Crippen LogP contribution in [0.4, 0.5) is 0 Å². The molecule has 0 N–H and O–H groups in total. The summed E-state index contributed by atoms with van der Waals surface area (Å²) in [5.41, 5.74) is 10.9. The molecule has 0 aliphatic heterocycles. The summed E-state index contributed by atoms with van der Waals surface area (Å²) < 4.78 is 0. The van der Waals surface area contributed by atoms with Gasteiger partial charge in [0.05, 0.1) is 58.1 Å². The summed E-state index contributed by atoms with van der Waals surface area (Å²) in [4.78, 5) is 32.3. The second-order valence-corrected chi connectivity index (χ2v) is 14.6. The standard InChI is InChI=1S/C36H30N6S3/c1-19-33(43-22(4)38-19)26-10-7-9-25(13-26)31-16-32(29-15-30(18-37-17-29)35-21(3)40-24(6)45-35)42-36(41-31)28-12-8-11-27(14-28)34-20(2)39-23(5)44-34/h7-18H,1-6H3. The number of nitrogens with zero attached hydrogens (tertiary/aromatic N) is 6. The number of hydrogen-bond donors (Lipinski definition) is 0. The van der Waals surface area contributed by atoms with Gasteiger partial charge < -0.3 is 0 Å². The number of pyridine rings is 1. The van der Waals surface area contributed by atoms with Gasteiger partial charge in [0.15, 0.2) is 5.82 Å². The van der Waals surface area contributed by atoms with E-state index < -0.39 is 0 Å². The Morgan fingerprint density at radius 3 is 1.38 bits per heavy atom. The summed E-state index contributed by atoms with van der Waals surface area (Å²) in [5, 5.41) is 3.15. The maximum Gasteiger partial charge on any atom is 0.160 e. The van der Waals surface area contributed by atoms with Gasteiger partial charge in [-0.3, -0.25) is 4.98 Å². The number of hydrogen-bond acceptors (Lipinski definition) is 9. The molecule has 0 saturated carbocycles. The molecule has 0 aliphatic rings. The summed E-state index contributed by atoms with van der Waals surface area (Å²) in [6.07, 6.45) is 3.78. The summed E-state index contributed by atoms with van der Waals surface area (Å²) in [7, 11) is 0. The first-order chi connectivity index (χ1) is 21.7. The van der Waals surface area contributed by atoms with E-state index in [0.29, 0.717) is 5.82 Å². The third kappa shape index (κ3) is 5.86. The van der Waals surface area contributed by atoms with Crippen LogP contribution in [-0.4, -0.2) is 29.9 Å². The van der Waals surface area contributed by atoms with Crippen molar-refractivity contribution in [2.24, 2.45) is 0 Å². The molecule has 0 atom stereocenters. The van der Waals surface area contributed by atoms with Crippen molar-refractivity contribution in [1.82, 2.24) is 29.9 Å². The highest BCUT2D eigenvalue weighted by Crippen LogP contribution is 2.37. The Labute approximate surface area is 274 Å². The van der Waals surface area contributed by atoms with Crippen LogP contribution in [0.15, 0.2) is 73.1 Å². The van der Waals surface area contributed by atoms with E-state index in [1.807, 2.05) is 40.1 Å². The molecule has 0 bridgehead atoms. The Morgan fingerprint density at radius 1 is 0.422 bits per heavy atom. The lowest BCUT2D eigenvalue weighted by Crippen LogP contribution is -1.97. The first-order valence-corrected chi connectivity index (χ1v) is 17.1. The van der Waals surface area contributed by atoms with Gasteiger partial charge >= 0.3 is 0 Å². The molecule has 0 fully saturated rings. The quantitative estimate of drug-likeness (QED) is 0.180. The van der Waals surface area contributed by atoms with Crippen molar-refractivity contribution in [2.75, 3.05) is 0 Å². The number of thiazole rings is 3. The van der Waals surface area contributed by atoms with Crippen LogP contribution in [0.5, 0.6) is 0 Å². The van der Waals surface area contributed by atoms with E-state index in [-0.39, 0.29) is 0 Å². The average Bonchev–Trinajstić information content (AvgIpc) is 3.70. The molecule has 7 aromatic rings. The Kier molecular flexibility index (Phi) is 7.69. The van der Waals surface area contributed by atoms with E-state index in [2.05, 4.69) is 94.4 Å². The van der Waals surface area contributed by atoms with Gasteiger partial charge in [-0.05, 0) is 76.9 Å². The van der Waals surface area contributed by atoms with Gasteiger partial charge in [-0.25, -0.2) is 24.9 Å². The van der Waals surface area contributed by atoms with E-state index in [1.165, 1.54) is 9.75 Å². The van der Waals surface area contributed by atoms with Gasteiger partial charge in [-0.2, -0.15) is 0 Å². The SMILES string of the molecule is Cc1nc(C)c(-c2cccc(-c3cc(-c4cncc(-c5sc(C)nc5C)c4)nc(-c4cccc(-c5sc(C)nc5C)c4)n3)c2)s1. The van der Waals surface area contributed by atoms with Gasteiger partial charge in [0, 0.05) is 34.6 Å². The highest BCUT2D eigenvalue weighted by atomic mass is 32.1. The summed E-state index contributed by atoms with van der Waals surface area (Å²) in [5.74, 6) is 0.661. The number of benzene rings is 2. The third-order valence-corrected chi connectivity index (χ3v) is 10.9. The molecule has 5 heterocycles.